The first-order valence-corrected chi connectivity index (χ1v) is 9.97. The molecule has 0 atom stereocenters. The van der Waals surface area contributed by atoms with Crippen molar-refractivity contribution in [3.63, 3.8) is 0 Å². The zero-order valence-electron chi connectivity index (χ0n) is 17.9. The van der Waals surface area contributed by atoms with Crippen molar-refractivity contribution in [2.24, 2.45) is 0 Å². The standard InChI is InChI=1S/C23H22N4O5/c1-28-19-9-15(10-20(29-2)22(19)30-3)16-12-26-27-21(6-7-24-23(16)27)25-11-14-4-5-17-18(8-14)32-13-31-17/h4-10,12,25H,11,13H2,1-3H3. The highest BCUT2D eigenvalue weighted by Gasteiger charge is 2.18. The van der Waals surface area contributed by atoms with Crippen LogP contribution in [0.4, 0.5) is 5.82 Å². The zero-order valence-corrected chi connectivity index (χ0v) is 17.9. The predicted octanol–water partition coefficient (Wildman–Crippen LogP) is 3.76. The molecule has 0 bridgehead atoms. The van der Waals surface area contributed by atoms with Crippen molar-refractivity contribution < 1.29 is 23.7 Å². The molecule has 0 amide bonds. The number of nitrogens with one attached hydrogen (secondary N) is 1. The van der Waals surface area contributed by atoms with Crippen molar-refractivity contribution in [3.05, 3.63) is 54.4 Å². The first-order valence-electron chi connectivity index (χ1n) is 9.97. The molecule has 5 rings (SSSR count). The molecule has 1 aliphatic rings. The van der Waals surface area contributed by atoms with Gasteiger partial charge in [0.05, 0.1) is 27.5 Å². The number of nitrogens with zero attached hydrogens (tertiary/aromatic N) is 3. The lowest BCUT2D eigenvalue weighted by Crippen LogP contribution is -2.05. The summed E-state index contributed by atoms with van der Waals surface area (Å²) in [7, 11) is 4.76. The lowest BCUT2D eigenvalue weighted by atomic mass is 10.1. The van der Waals surface area contributed by atoms with Crippen LogP contribution in [0, 0.1) is 0 Å². The second-order valence-corrected chi connectivity index (χ2v) is 7.08. The summed E-state index contributed by atoms with van der Waals surface area (Å²) in [6, 6.07) is 11.5. The van der Waals surface area contributed by atoms with Crippen LogP contribution < -0.4 is 29.0 Å². The second-order valence-electron chi connectivity index (χ2n) is 7.08. The van der Waals surface area contributed by atoms with E-state index in [-0.39, 0.29) is 6.79 Å². The van der Waals surface area contributed by atoms with Gasteiger partial charge in [0.1, 0.15) is 5.82 Å². The normalized spacial score (nSPS) is 12.1. The molecule has 9 heteroatoms. The molecular weight excluding hydrogens is 412 g/mol. The Morgan fingerprint density at radius 3 is 2.50 bits per heavy atom. The largest absolute Gasteiger partial charge is 0.493 e. The molecule has 1 N–H and O–H groups in total. The molecule has 3 heterocycles. The number of benzene rings is 2. The van der Waals surface area contributed by atoms with E-state index in [4.69, 9.17) is 23.7 Å². The van der Waals surface area contributed by atoms with Gasteiger partial charge in [0.25, 0.3) is 0 Å². The van der Waals surface area contributed by atoms with Gasteiger partial charge in [0, 0.05) is 18.3 Å². The average Bonchev–Trinajstić information content (AvgIpc) is 3.48. The summed E-state index contributed by atoms with van der Waals surface area (Å²) in [4.78, 5) is 4.55. The average molecular weight is 434 g/mol. The third kappa shape index (κ3) is 3.37. The Morgan fingerprint density at radius 2 is 1.75 bits per heavy atom. The van der Waals surface area contributed by atoms with Crippen LogP contribution in [0.2, 0.25) is 0 Å². The zero-order chi connectivity index (χ0) is 22.1. The maximum Gasteiger partial charge on any atom is 0.231 e. The summed E-state index contributed by atoms with van der Waals surface area (Å²) in [6.07, 6.45) is 3.52. The minimum Gasteiger partial charge on any atom is -0.493 e. The molecule has 32 heavy (non-hydrogen) atoms. The summed E-state index contributed by atoms with van der Waals surface area (Å²) >= 11 is 0. The lowest BCUT2D eigenvalue weighted by Gasteiger charge is -2.14. The second kappa shape index (κ2) is 8.18. The summed E-state index contributed by atoms with van der Waals surface area (Å²) in [5, 5.41) is 7.97. The molecule has 9 nitrogen and oxygen atoms in total. The summed E-state index contributed by atoms with van der Waals surface area (Å²) < 4.78 is 29.0. The van der Waals surface area contributed by atoms with Crippen LogP contribution in [0.3, 0.4) is 0 Å². The van der Waals surface area contributed by atoms with Crippen molar-refractivity contribution in [1.29, 1.82) is 0 Å². The van der Waals surface area contributed by atoms with Gasteiger partial charge in [0.15, 0.2) is 28.6 Å². The molecule has 2 aromatic heterocycles. The lowest BCUT2D eigenvalue weighted by molar-refractivity contribution is 0.174. The number of rotatable bonds is 7. The Bertz CT molecular complexity index is 1260. The maximum atomic E-state index is 5.49. The van der Waals surface area contributed by atoms with E-state index in [1.807, 2.05) is 36.4 Å². The molecule has 0 fully saturated rings. The monoisotopic (exact) mass is 434 g/mol. The number of fused-ring (bicyclic) bond motifs is 2. The SMILES string of the molecule is COc1cc(-c2cnn3c(NCc4ccc5c(c4)OCO5)ccnc23)cc(OC)c1OC. The van der Waals surface area contributed by atoms with Gasteiger partial charge in [-0.15, -0.1) is 0 Å². The predicted molar refractivity (Wildman–Crippen MR) is 118 cm³/mol. The van der Waals surface area contributed by atoms with Crippen molar-refractivity contribution in [1.82, 2.24) is 14.6 Å². The highest BCUT2D eigenvalue weighted by atomic mass is 16.7. The smallest absolute Gasteiger partial charge is 0.231 e. The first kappa shape index (κ1) is 19.8. The van der Waals surface area contributed by atoms with Crippen molar-refractivity contribution >= 4 is 11.5 Å². The van der Waals surface area contributed by atoms with Crippen LogP contribution in [-0.4, -0.2) is 42.7 Å². The molecule has 0 aliphatic carbocycles. The summed E-state index contributed by atoms with van der Waals surface area (Å²) in [5.41, 5.74) is 3.47. The molecule has 164 valence electrons. The van der Waals surface area contributed by atoms with E-state index in [1.54, 1.807) is 38.2 Å². The number of hydrogen-bond donors (Lipinski definition) is 1. The van der Waals surface area contributed by atoms with E-state index in [1.165, 1.54) is 0 Å². The van der Waals surface area contributed by atoms with Gasteiger partial charge in [-0.05, 0) is 41.5 Å². The molecule has 0 spiro atoms. The Balaban J connectivity index is 1.47. The molecule has 1 aliphatic heterocycles. The molecule has 0 unspecified atom stereocenters. The molecule has 4 aromatic rings. The fourth-order valence-electron chi connectivity index (χ4n) is 3.71. The van der Waals surface area contributed by atoms with Gasteiger partial charge in [-0.2, -0.15) is 9.61 Å². The van der Waals surface area contributed by atoms with Crippen LogP contribution in [-0.2, 0) is 6.54 Å². The van der Waals surface area contributed by atoms with Crippen molar-refractivity contribution in [2.75, 3.05) is 33.4 Å². The Labute approximate surface area is 184 Å². The number of hydrogen-bond acceptors (Lipinski definition) is 8. The fraction of sp³-hybridized carbons (Fsp3) is 0.217. The minimum absolute atomic E-state index is 0.258. The number of ether oxygens (including phenoxy) is 5. The molecule has 2 aromatic carbocycles. The van der Waals surface area contributed by atoms with E-state index < -0.39 is 0 Å². The quantitative estimate of drug-likeness (QED) is 0.470. The number of anilines is 1. The summed E-state index contributed by atoms with van der Waals surface area (Å²) in [6.45, 7) is 0.851. The third-order valence-corrected chi connectivity index (χ3v) is 5.29. The van der Waals surface area contributed by atoms with Gasteiger partial charge in [0.2, 0.25) is 12.5 Å². The maximum absolute atomic E-state index is 5.49. The minimum atomic E-state index is 0.258. The van der Waals surface area contributed by atoms with Crippen molar-refractivity contribution in [3.8, 4) is 39.9 Å². The van der Waals surface area contributed by atoms with Gasteiger partial charge in [-0.25, -0.2) is 4.98 Å². The highest BCUT2D eigenvalue weighted by molar-refractivity contribution is 5.81. The van der Waals surface area contributed by atoms with Gasteiger partial charge in [-0.1, -0.05) is 6.07 Å². The van der Waals surface area contributed by atoms with Crippen LogP contribution in [0.15, 0.2) is 48.8 Å². The third-order valence-electron chi connectivity index (χ3n) is 5.29. The van der Waals surface area contributed by atoms with Crippen LogP contribution in [0.1, 0.15) is 5.56 Å². The van der Waals surface area contributed by atoms with Crippen molar-refractivity contribution in [2.45, 2.75) is 6.54 Å². The molecule has 0 saturated heterocycles. The number of methoxy groups -OCH3 is 3. The van der Waals surface area contributed by atoms with Crippen LogP contribution >= 0.6 is 0 Å². The van der Waals surface area contributed by atoms with E-state index >= 15 is 0 Å². The molecule has 0 radical (unpaired) electrons. The van der Waals surface area contributed by atoms with Gasteiger partial charge >= 0.3 is 0 Å². The van der Waals surface area contributed by atoms with E-state index in [0.717, 1.165) is 34.0 Å². The molecule has 0 saturated carbocycles. The van der Waals surface area contributed by atoms with Gasteiger partial charge < -0.3 is 29.0 Å². The molecular formula is C23H22N4O5. The fourth-order valence-corrected chi connectivity index (χ4v) is 3.71. The summed E-state index contributed by atoms with van der Waals surface area (Å²) in [5.74, 6) is 4.01. The van der Waals surface area contributed by atoms with E-state index in [0.29, 0.717) is 29.4 Å². The first-order chi connectivity index (χ1) is 15.7. The van der Waals surface area contributed by atoms with Crippen LogP contribution in [0.25, 0.3) is 16.8 Å². The number of aromatic nitrogens is 3. The Morgan fingerprint density at radius 1 is 0.969 bits per heavy atom. The van der Waals surface area contributed by atoms with Crippen LogP contribution in [0.5, 0.6) is 28.7 Å². The topological polar surface area (TPSA) is 88.4 Å². The Hall–Kier alpha value is -4.14. The van der Waals surface area contributed by atoms with E-state index in [9.17, 15) is 0 Å². The van der Waals surface area contributed by atoms with E-state index in [2.05, 4.69) is 15.4 Å². The Kier molecular flexibility index (Phi) is 5.06. The van der Waals surface area contributed by atoms with Gasteiger partial charge in [-0.3, -0.25) is 0 Å². The highest BCUT2D eigenvalue weighted by Crippen LogP contribution is 2.42.